The molecule has 22 heavy (non-hydrogen) atoms. The quantitative estimate of drug-likeness (QED) is 0.529. The van der Waals surface area contributed by atoms with E-state index in [0.29, 0.717) is 0 Å². The van der Waals surface area contributed by atoms with Gasteiger partial charge in [0.25, 0.3) is 0 Å². The summed E-state index contributed by atoms with van der Waals surface area (Å²) in [6.45, 7) is 8.92. The molecule has 0 aromatic carbocycles. The van der Waals surface area contributed by atoms with Crippen molar-refractivity contribution in [3.05, 3.63) is 0 Å². The summed E-state index contributed by atoms with van der Waals surface area (Å²) in [5, 5.41) is 9.39. The molecule has 0 saturated carbocycles. The largest absolute Gasteiger partial charge is 0.361 e. The summed E-state index contributed by atoms with van der Waals surface area (Å²) in [7, 11) is 0. The monoisotopic (exact) mass is 330 g/mol. The van der Waals surface area contributed by atoms with Gasteiger partial charge in [-0.15, -0.1) is 0 Å². The molecular weight excluding hydrogens is 300 g/mol. The first-order valence-electron chi connectivity index (χ1n) is 8.09. The maximum atomic E-state index is 14.4. The summed E-state index contributed by atoms with van der Waals surface area (Å²) in [6, 6.07) is 0. The van der Waals surface area contributed by atoms with Crippen LogP contribution in [0.2, 0.25) is 0 Å². The van der Waals surface area contributed by atoms with Crippen LogP contribution in [0.25, 0.3) is 0 Å². The normalized spacial score (nSPS) is 16.9. The Morgan fingerprint density at radius 1 is 0.864 bits per heavy atom. The van der Waals surface area contributed by atoms with Crippen molar-refractivity contribution in [3.8, 4) is 0 Å². The highest BCUT2D eigenvalue weighted by Gasteiger charge is 2.63. The molecule has 1 N–H and O–H groups in total. The van der Waals surface area contributed by atoms with Crippen LogP contribution in [0.1, 0.15) is 73.6 Å². The molecule has 0 rings (SSSR count). The van der Waals surface area contributed by atoms with Gasteiger partial charge in [-0.05, 0) is 39.0 Å². The average molecular weight is 330 g/mol. The predicted molar refractivity (Wildman–Crippen MR) is 79.0 cm³/mol. The van der Waals surface area contributed by atoms with Crippen molar-refractivity contribution >= 4 is 0 Å². The summed E-state index contributed by atoms with van der Waals surface area (Å²) < 4.78 is 61.6. The van der Waals surface area contributed by atoms with Gasteiger partial charge in [-0.3, -0.25) is 0 Å². The lowest BCUT2D eigenvalue weighted by atomic mass is 9.66. The van der Waals surface area contributed by atoms with Crippen molar-refractivity contribution in [2.45, 2.75) is 91.5 Å². The molecule has 0 heterocycles. The van der Waals surface area contributed by atoms with E-state index >= 15 is 0 Å². The van der Waals surface area contributed by atoms with Crippen LogP contribution in [0.4, 0.5) is 17.6 Å². The number of hydrogen-bond acceptors (Lipinski definition) is 2. The summed E-state index contributed by atoms with van der Waals surface area (Å²) >= 11 is 0. The minimum absolute atomic E-state index is 0.0550. The van der Waals surface area contributed by atoms with Gasteiger partial charge in [0, 0.05) is 5.92 Å². The maximum absolute atomic E-state index is 14.4. The summed E-state index contributed by atoms with van der Waals surface area (Å²) in [5.74, 6) is -1.04. The number of aliphatic hydroxyl groups is 1. The molecule has 0 radical (unpaired) electrons. The van der Waals surface area contributed by atoms with Crippen LogP contribution < -0.4 is 0 Å². The molecular formula is C16H30F4O2. The zero-order valence-electron chi connectivity index (χ0n) is 14.5. The van der Waals surface area contributed by atoms with E-state index in [-0.39, 0.29) is 32.1 Å². The first-order chi connectivity index (χ1) is 9.91. The van der Waals surface area contributed by atoms with E-state index in [9.17, 15) is 22.7 Å². The fraction of sp³-hybridized carbons (Fsp3) is 1.00. The van der Waals surface area contributed by atoms with E-state index in [4.69, 9.17) is 4.74 Å². The van der Waals surface area contributed by atoms with Gasteiger partial charge in [0.05, 0.1) is 11.0 Å². The van der Waals surface area contributed by atoms with E-state index in [1.54, 1.807) is 13.8 Å². The number of rotatable bonds is 10. The van der Waals surface area contributed by atoms with Crippen molar-refractivity contribution in [2.24, 2.45) is 11.3 Å². The fourth-order valence-corrected chi connectivity index (χ4v) is 3.40. The zero-order chi connectivity index (χ0) is 17.8. The topological polar surface area (TPSA) is 29.5 Å². The third-order valence-corrected chi connectivity index (χ3v) is 5.29. The van der Waals surface area contributed by atoms with Crippen LogP contribution in [0, 0.1) is 11.3 Å². The second-order valence-electron chi connectivity index (χ2n) is 6.09. The lowest BCUT2D eigenvalue weighted by Crippen LogP contribution is -2.60. The molecule has 2 nitrogen and oxygen atoms in total. The van der Waals surface area contributed by atoms with Gasteiger partial charge in [0.1, 0.15) is 0 Å². The van der Waals surface area contributed by atoms with Gasteiger partial charge in [-0.1, -0.05) is 34.6 Å². The third-order valence-electron chi connectivity index (χ3n) is 5.29. The van der Waals surface area contributed by atoms with E-state index in [2.05, 4.69) is 0 Å². The molecule has 0 saturated heterocycles. The minimum Gasteiger partial charge on any atom is -0.336 e. The smallest absolute Gasteiger partial charge is 0.336 e. The Hall–Kier alpha value is -0.360. The number of hydrogen-bond donors (Lipinski definition) is 1. The van der Waals surface area contributed by atoms with Gasteiger partial charge in [0.15, 0.2) is 0 Å². The van der Waals surface area contributed by atoms with Crippen LogP contribution >= 0.6 is 0 Å². The molecule has 0 aliphatic carbocycles. The zero-order valence-corrected chi connectivity index (χ0v) is 14.5. The molecule has 6 heteroatoms. The molecule has 0 aromatic heterocycles. The molecule has 134 valence electrons. The molecule has 0 bridgehead atoms. The van der Waals surface area contributed by atoms with Crippen LogP contribution in [-0.2, 0) is 4.74 Å². The average Bonchev–Trinajstić information content (AvgIpc) is 2.39. The maximum Gasteiger partial charge on any atom is 0.361 e. The van der Waals surface area contributed by atoms with Crippen molar-refractivity contribution < 1.29 is 27.4 Å². The Balaban J connectivity index is 5.86. The van der Waals surface area contributed by atoms with Gasteiger partial charge in [0.2, 0.25) is 0 Å². The highest BCUT2D eigenvalue weighted by Crippen LogP contribution is 2.54. The third kappa shape index (κ3) is 3.75. The Labute approximate surface area is 131 Å². The fourth-order valence-electron chi connectivity index (χ4n) is 3.40. The van der Waals surface area contributed by atoms with E-state index < -0.39 is 29.2 Å². The van der Waals surface area contributed by atoms with Crippen molar-refractivity contribution in [1.29, 1.82) is 0 Å². The van der Waals surface area contributed by atoms with Crippen molar-refractivity contribution in [2.75, 3.05) is 0 Å². The lowest BCUT2D eigenvalue weighted by molar-refractivity contribution is -0.392. The Morgan fingerprint density at radius 2 is 1.27 bits per heavy atom. The van der Waals surface area contributed by atoms with Gasteiger partial charge in [-0.25, -0.2) is 0 Å². The first-order valence-corrected chi connectivity index (χ1v) is 8.09. The van der Waals surface area contributed by atoms with E-state index in [1.807, 2.05) is 0 Å². The van der Waals surface area contributed by atoms with Crippen LogP contribution in [0.3, 0.4) is 0 Å². The highest BCUT2D eigenvalue weighted by atomic mass is 19.3. The molecule has 0 aliphatic rings. The standard InChI is InChI=1S/C16H30F4O2/c1-7-12(8-2)15(17,18)22-13(6,9-3)14(10-4,11-5)16(19,20)21/h12,21H,7-11H2,1-6H3. The summed E-state index contributed by atoms with van der Waals surface area (Å²) in [6.07, 6.45) is -7.65. The predicted octanol–water partition coefficient (Wildman–Crippen LogP) is 5.59. The number of ether oxygens (including phenoxy) is 1. The molecule has 0 fully saturated rings. The number of alkyl halides is 4. The molecule has 0 aliphatic heterocycles. The summed E-state index contributed by atoms with van der Waals surface area (Å²) in [4.78, 5) is 0. The second-order valence-corrected chi connectivity index (χ2v) is 6.09. The van der Waals surface area contributed by atoms with Crippen LogP contribution in [0.15, 0.2) is 0 Å². The molecule has 0 amide bonds. The highest BCUT2D eigenvalue weighted by molar-refractivity contribution is 5.01. The lowest BCUT2D eigenvalue weighted by Gasteiger charge is -2.50. The minimum atomic E-state index is -4.11. The number of halogens is 4. The Kier molecular flexibility index (Phi) is 7.35. The molecule has 0 aromatic rings. The van der Waals surface area contributed by atoms with Gasteiger partial charge < -0.3 is 9.84 Å². The second kappa shape index (κ2) is 7.47. The van der Waals surface area contributed by atoms with Crippen molar-refractivity contribution in [3.63, 3.8) is 0 Å². The van der Waals surface area contributed by atoms with E-state index in [1.165, 1.54) is 27.7 Å². The van der Waals surface area contributed by atoms with Crippen LogP contribution in [0.5, 0.6) is 0 Å². The molecule has 0 spiro atoms. The van der Waals surface area contributed by atoms with Crippen molar-refractivity contribution in [1.82, 2.24) is 0 Å². The molecule has 1 atom stereocenters. The van der Waals surface area contributed by atoms with Gasteiger partial charge in [-0.2, -0.15) is 17.6 Å². The first kappa shape index (κ1) is 21.6. The SMILES string of the molecule is CCC(CC)C(F)(F)OC(C)(CC)C(CC)(CC)C(O)(F)F. The molecule has 1 unspecified atom stereocenters. The van der Waals surface area contributed by atoms with Crippen LogP contribution in [-0.4, -0.2) is 22.9 Å². The Bertz CT molecular complexity index is 334. The Morgan fingerprint density at radius 3 is 1.50 bits per heavy atom. The van der Waals surface area contributed by atoms with E-state index in [0.717, 1.165) is 0 Å². The van der Waals surface area contributed by atoms with Gasteiger partial charge >= 0.3 is 12.2 Å². The summed E-state index contributed by atoms with van der Waals surface area (Å²) in [5.41, 5.74) is -3.91.